The van der Waals surface area contributed by atoms with E-state index in [2.05, 4.69) is 17.1 Å². The summed E-state index contributed by atoms with van der Waals surface area (Å²) in [6, 6.07) is 2.46. The van der Waals surface area contributed by atoms with Crippen molar-refractivity contribution in [1.82, 2.24) is 14.9 Å². The number of methoxy groups -OCH3 is 2. The molecule has 0 bridgehead atoms. The number of ether oxygens (including phenoxy) is 2. The third-order valence-corrected chi connectivity index (χ3v) is 6.31. The van der Waals surface area contributed by atoms with E-state index in [1.807, 2.05) is 6.07 Å². The molecule has 1 saturated heterocycles. The molecule has 0 radical (unpaired) electrons. The zero-order chi connectivity index (χ0) is 20.2. The van der Waals surface area contributed by atoms with Gasteiger partial charge >= 0.3 is 0 Å². The summed E-state index contributed by atoms with van der Waals surface area (Å²) in [5, 5.41) is 3.91. The van der Waals surface area contributed by atoms with E-state index in [1.165, 1.54) is 75.1 Å². The zero-order valence-corrected chi connectivity index (χ0v) is 18.1. The molecular formula is C23H34N4O2. The van der Waals surface area contributed by atoms with Crippen LogP contribution in [0.4, 0.5) is 5.69 Å². The normalized spacial score (nSPS) is 18.3. The van der Waals surface area contributed by atoms with Crippen LogP contribution in [0.15, 0.2) is 6.07 Å². The smallest absolute Gasteiger partial charge is 0.257 e. The molecule has 158 valence electrons. The van der Waals surface area contributed by atoms with Crippen molar-refractivity contribution < 1.29 is 9.47 Å². The van der Waals surface area contributed by atoms with Crippen molar-refractivity contribution >= 4 is 16.7 Å². The summed E-state index contributed by atoms with van der Waals surface area (Å²) in [4.78, 5) is 12.4. The predicted molar refractivity (Wildman–Crippen MR) is 117 cm³/mol. The topological polar surface area (TPSA) is 59.5 Å². The van der Waals surface area contributed by atoms with Gasteiger partial charge in [0.2, 0.25) is 0 Å². The van der Waals surface area contributed by atoms with Crippen LogP contribution in [0, 0.1) is 0 Å². The molecule has 0 spiro atoms. The molecule has 4 rings (SSSR count). The Kier molecular flexibility index (Phi) is 6.38. The van der Waals surface area contributed by atoms with E-state index in [9.17, 15) is 0 Å². The van der Waals surface area contributed by atoms with Crippen LogP contribution in [-0.4, -0.2) is 54.8 Å². The van der Waals surface area contributed by atoms with Crippen molar-refractivity contribution in [3.63, 3.8) is 0 Å². The minimum absolute atomic E-state index is 0.482. The first kappa shape index (κ1) is 20.2. The highest BCUT2D eigenvalue weighted by atomic mass is 16.5. The van der Waals surface area contributed by atoms with Crippen molar-refractivity contribution in [1.29, 1.82) is 0 Å². The summed E-state index contributed by atoms with van der Waals surface area (Å²) in [5.74, 6) is 1.16. The van der Waals surface area contributed by atoms with E-state index in [4.69, 9.17) is 19.4 Å². The second-order valence-electron chi connectivity index (χ2n) is 8.30. The highest BCUT2D eigenvalue weighted by Crippen LogP contribution is 2.37. The van der Waals surface area contributed by atoms with Crippen LogP contribution in [0.3, 0.4) is 0 Å². The van der Waals surface area contributed by atoms with E-state index in [1.54, 1.807) is 14.2 Å². The van der Waals surface area contributed by atoms with Crippen molar-refractivity contribution in [3.8, 4) is 11.6 Å². The highest BCUT2D eigenvalue weighted by molar-refractivity contribution is 5.91. The molecule has 3 heterocycles. The average Bonchev–Trinajstić information content (AvgIpc) is 2.99. The molecule has 2 aromatic heterocycles. The Bertz CT molecular complexity index is 847. The van der Waals surface area contributed by atoms with Gasteiger partial charge in [-0.3, -0.25) is 4.98 Å². The number of hydrogen-bond donors (Lipinski definition) is 1. The fourth-order valence-electron chi connectivity index (χ4n) is 4.75. The third kappa shape index (κ3) is 4.27. The van der Waals surface area contributed by atoms with E-state index in [0.717, 1.165) is 23.9 Å². The zero-order valence-electron chi connectivity index (χ0n) is 18.1. The first-order chi connectivity index (χ1) is 14.2. The number of aryl methyl sites for hydroxylation is 1. The Morgan fingerprint density at radius 3 is 2.59 bits per heavy atom. The van der Waals surface area contributed by atoms with E-state index in [0.29, 0.717) is 17.7 Å². The van der Waals surface area contributed by atoms with Gasteiger partial charge in [0, 0.05) is 30.9 Å². The lowest BCUT2D eigenvalue weighted by atomic mass is 10.0. The Morgan fingerprint density at radius 1 is 1.07 bits per heavy atom. The first-order valence-corrected chi connectivity index (χ1v) is 11.2. The maximum Gasteiger partial charge on any atom is 0.257 e. The molecule has 0 atom stereocenters. The Balaban J connectivity index is 1.72. The highest BCUT2D eigenvalue weighted by Gasteiger charge is 2.24. The van der Waals surface area contributed by atoms with Gasteiger partial charge in [-0.1, -0.05) is 13.3 Å². The first-order valence-electron chi connectivity index (χ1n) is 11.2. The second kappa shape index (κ2) is 9.16. The molecule has 1 aliphatic carbocycles. The minimum atomic E-state index is 0.482. The molecular weight excluding hydrogens is 364 g/mol. The molecule has 1 aliphatic heterocycles. The lowest BCUT2D eigenvalue weighted by molar-refractivity contribution is 0.219. The van der Waals surface area contributed by atoms with Gasteiger partial charge in [-0.2, -0.15) is 0 Å². The van der Waals surface area contributed by atoms with Crippen LogP contribution in [-0.2, 0) is 12.8 Å². The Labute approximate surface area is 174 Å². The lowest BCUT2D eigenvalue weighted by Gasteiger charge is -2.33. The van der Waals surface area contributed by atoms with Crippen LogP contribution in [0.25, 0.3) is 11.0 Å². The largest absolute Gasteiger partial charge is 0.491 e. The molecule has 0 saturated carbocycles. The number of nitrogens with one attached hydrogen (secondary N) is 1. The van der Waals surface area contributed by atoms with Crippen molar-refractivity contribution in [3.05, 3.63) is 17.3 Å². The van der Waals surface area contributed by atoms with E-state index >= 15 is 0 Å². The Morgan fingerprint density at radius 2 is 1.86 bits per heavy atom. The van der Waals surface area contributed by atoms with Crippen LogP contribution in [0.2, 0.25) is 0 Å². The molecule has 1 N–H and O–H groups in total. The molecule has 6 heteroatoms. The van der Waals surface area contributed by atoms with Gasteiger partial charge in [0.25, 0.3) is 5.88 Å². The van der Waals surface area contributed by atoms with Crippen LogP contribution < -0.4 is 14.8 Å². The number of fused-ring (bicyclic) bond motifs is 2. The van der Waals surface area contributed by atoms with Crippen molar-refractivity contribution in [2.45, 2.75) is 64.3 Å². The summed E-state index contributed by atoms with van der Waals surface area (Å²) < 4.78 is 11.0. The summed E-state index contributed by atoms with van der Waals surface area (Å²) in [5.41, 5.74) is 5.59. The van der Waals surface area contributed by atoms with E-state index in [-0.39, 0.29) is 0 Å². The van der Waals surface area contributed by atoms with Gasteiger partial charge in [-0.25, -0.2) is 4.98 Å². The number of likely N-dealkylation sites (tertiary alicyclic amines) is 1. The van der Waals surface area contributed by atoms with Gasteiger partial charge in [0.1, 0.15) is 5.52 Å². The number of anilines is 1. The SMILES string of the molecule is CCCN1CCC(Nc2c3c(nc4cc(OC)c(OC)nc24)CCCCC3)CC1. The molecule has 0 aromatic carbocycles. The fourth-order valence-corrected chi connectivity index (χ4v) is 4.75. The van der Waals surface area contributed by atoms with E-state index < -0.39 is 0 Å². The number of pyridine rings is 2. The molecule has 2 aromatic rings. The summed E-state index contributed by atoms with van der Waals surface area (Å²) in [6.45, 7) is 5.80. The number of aromatic nitrogens is 2. The molecule has 2 aliphatic rings. The quantitative estimate of drug-likeness (QED) is 0.736. The predicted octanol–water partition coefficient (Wildman–Crippen LogP) is 4.20. The molecule has 6 nitrogen and oxygen atoms in total. The number of hydrogen-bond acceptors (Lipinski definition) is 6. The summed E-state index contributed by atoms with van der Waals surface area (Å²) in [6.07, 6.45) is 9.39. The van der Waals surface area contributed by atoms with Gasteiger partial charge < -0.3 is 19.7 Å². The summed E-state index contributed by atoms with van der Waals surface area (Å²) >= 11 is 0. The van der Waals surface area contributed by atoms with Crippen LogP contribution in [0.1, 0.15) is 56.7 Å². The van der Waals surface area contributed by atoms with Crippen LogP contribution >= 0.6 is 0 Å². The average molecular weight is 399 g/mol. The maximum atomic E-state index is 5.50. The van der Waals surface area contributed by atoms with Gasteiger partial charge in [0.05, 0.1) is 25.4 Å². The Hall–Kier alpha value is -2.08. The van der Waals surface area contributed by atoms with Crippen molar-refractivity contribution in [2.24, 2.45) is 0 Å². The third-order valence-electron chi connectivity index (χ3n) is 6.31. The van der Waals surface area contributed by atoms with Gasteiger partial charge in [-0.15, -0.1) is 0 Å². The number of rotatable bonds is 6. The monoisotopic (exact) mass is 398 g/mol. The standard InChI is InChI=1S/C23H34N4O2/c1-4-12-27-13-10-16(11-14-27)24-21-17-8-6-5-7-9-18(17)25-19-15-20(28-2)23(29-3)26-22(19)21/h15-16H,4-14H2,1-3H3,(H,24,25). The maximum absolute atomic E-state index is 5.50. The second-order valence-corrected chi connectivity index (χ2v) is 8.30. The number of piperidine rings is 1. The summed E-state index contributed by atoms with van der Waals surface area (Å²) in [7, 11) is 3.29. The molecule has 0 amide bonds. The van der Waals surface area contributed by atoms with Gasteiger partial charge in [-0.05, 0) is 57.1 Å². The van der Waals surface area contributed by atoms with Crippen LogP contribution in [0.5, 0.6) is 11.6 Å². The van der Waals surface area contributed by atoms with Crippen molar-refractivity contribution in [2.75, 3.05) is 39.2 Å². The number of nitrogens with zero attached hydrogens (tertiary/aromatic N) is 3. The van der Waals surface area contributed by atoms with Gasteiger partial charge in [0.15, 0.2) is 5.75 Å². The molecule has 0 unspecified atom stereocenters. The molecule has 29 heavy (non-hydrogen) atoms. The lowest BCUT2D eigenvalue weighted by Crippen LogP contribution is -2.39. The molecule has 1 fully saturated rings. The fraction of sp³-hybridized carbons (Fsp3) is 0.652. The minimum Gasteiger partial charge on any atom is -0.491 e.